The van der Waals surface area contributed by atoms with Gasteiger partial charge in [0, 0.05) is 12.6 Å². The van der Waals surface area contributed by atoms with E-state index in [1.807, 2.05) is 51.1 Å². The number of nitrogens with one attached hydrogen (secondary N) is 1. The van der Waals surface area contributed by atoms with Gasteiger partial charge in [-0.25, -0.2) is 8.42 Å². The molecule has 0 saturated heterocycles. The Hall–Kier alpha value is -3.56. The third kappa shape index (κ3) is 7.55. The molecule has 0 heterocycles. The van der Waals surface area contributed by atoms with Gasteiger partial charge in [0.25, 0.3) is 10.0 Å². The number of benzene rings is 3. The van der Waals surface area contributed by atoms with Crippen molar-refractivity contribution in [3.05, 3.63) is 88.9 Å². The van der Waals surface area contributed by atoms with Gasteiger partial charge < -0.3 is 15.0 Å². The molecule has 3 rings (SSSR count). The summed E-state index contributed by atoms with van der Waals surface area (Å²) in [5, 5.41) is 3.11. The van der Waals surface area contributed by atoms with Crippen LogP contribution in [-0.4, -0.2) is 50.9 Å². The summed E-state index contributed by atoms with van der Waals surface area (Å²) in [4.78, 5) is 28.5. The first-order valence-corrected chi connectivity index (χ1v) is 14.9. The Balaban J connectivity index is 2.05. The standard InChI is InChI=1S/C30H36ClN3O5S/c1-6-22(3)32-30(36)23(4)33(19-24-10-8-7-9-11-24)29(35)20-34(25-14-17-28(39-5)27(31)18-25)40(37,38)26-15-12-21(2)13-16-26/h7-18,22-23H,6,19-20H2,1-5H3,(H,32,36)/t22-,23-/m0/s1. The molecule has 0 aliphatic rings. The molecule has 1 N–H and O–H groups in total. The van der Waals surface area contributed by atoms with E-state index in [0.717, 1.165) is 21.9 Å². The van der Waals surface area contributed by atoms with Crippen LogP contribution in [0.5, 0.6) is 5.75 Å². The lowest BCUT2D eigenvalue weighted by Crippen LogP contribution is -2.52. The summed E-state index contributed by atoms with van der Waals surface area (Å²) in [6.45, 7) is 6.91. The molecule has 8 nitrogen and oxygen atoms in total. The van der Waals surface area contributed by atoms with E-state index >= 15 is 0 Å². The lowest BCUT2D eigenvalue weighted by atomic mass is 10.1. The second-order valence-corrected chi connectivity index (χ2v) is 11.9. The molecule has 0 saturated carbocycles. The van der Waals surface area contributed by atoms with E-state index in [2.05, 4.69) is 5.32 Å². The fourth-order valence-electron chi connectivity index (χ4n) is 4.00. The average molecular weight is 586 g/mol. The molecule has 0 spiro atoms. The molecule has 0 fully saturated rings. The van der Waals surface area contributed by atoms with E-state index < -0.39 is 28.5 Å². The number of ether oxygens (including phenoxy) is 1. The Labute approximate surface area is 241 Å². The summed E-state index contributed by atoms with van der Waals surface area (Å²) in [5.74, 6) is -0.497. The van der Waals surface area contributed by atoms with Crippen LogP contribution in [0.4, 0.5) is 5.69 Å². The number of rotatable bonds is 12. The molecule has 0 aliphatic heterocycles. The zero-order valence-electron chi connectivity index (χ0n) is 23.4. The Kier molecular flexibility index (Phi) is 10.6. The molecular formula is C30H36ClN3O5S. The van der Waals surface area contributed by atoms with Crippen LogP contribution in [0.2, 0.25) is 5.02 Å². The Bertz CT molecular complexity index is 1420. The van der Waals surface area contributed by atoms with Crippen molar-refractivity contribution in [2.75, 3.05) is 18.0 Å². The van der Waals surface area contributed by atoms with Gasteiger partial charge in [0.1, 0.15) is 18.3 Å². The van der Waals surface area contributed by atoms with Crippen LogP contribution in [0.1, 0.15) is 38.3 Å². The minimum atomic E-state index is -4.19. The van der Waals surface area contributed by atoms with E-state index in [-0.39, 0.29) is 34.1 Å². The Morgan fingerprint density at radius 3 is 2.23 bits per heavy atom. The Morgan fingerprint density at radius 2 is 1.65 bits per heavy atom. The Morgan fingerprint density at radius 1 is 1.00 bits per heavy atom. The summed E-state index contributed by atoms with van der Waals surface area (Å²) in [6.07, 6.45) is 0.728. The van der Waals surface area contributed by atoms with Crippen LogP contribution >= 0.6 is 11.6 Å². The van der Waals surface area contributed by atoms with Crippen LogP contribution in [0.3, 0.4) is 0 Å². The molecular weight excluding hydrogens is 550 g/mol. The highest BCUT2D eigenvalue weighted by atomic mass is 35.5. The summed E-state index contributed by atoms with van der Waals surface area (Å²) in [6, 6.07) is 19.2. The number of methoxy groups -OCH3 is 1. The van der Waals surface area contributed by atoms with Crippen molar-refractivity contribution in [2.24, 2.45) is 0 Å². The van der Waals surface area contributed by atoms with Crippen LogP contribution in [0.25, 0.3) is 0 Å². The maximum Gasteiger partial charge on any atom is 0.264 e. The summed E-state index contributed by atoms with van der Waals surface area (Å²) < 4.78 is 34.1. The zero-order chi connectivity index (χ0) is 29.4. The molecule has 40 heavy (non-hydrogen) atoms. The molecule has 2 atom stereocenters. The van der Waals surface area contributed by atoms with Crippen molar-refractivity contribution in [3.63, 3.8) is 0 Å². The van der Waals surface area contributed by atoms with Gasteiger partial charge in [-0.1, -0.05) is 66.6 Å². The topological polar surface area (TPSA) is 96.0 Å². The molecule has 3 aromatic carbocycles. The second-order valence-electron chi connectivity index (χ2n) is 9.64. The summed E-state index contributed by atoms with van der Waals surface area (Å²) in [5.41, 5.74) is 1.89. The van der Waals surface area contributed by atoms with E-state index in [9.17, 15) is 18.0 Å². The fraction of sp³-hybridized carbons (Fsp3) is 0.333. The summed E-state index contributed by atoms with van der Waals surface area (Å²) in [7, 11) is -2.73. The number of carbonyl (C=O) groups excluding carboxylic acids is 2. The molecule has 0 unspecified atom stereocenters. The molecule has 10 heteroatoms. The van der Waals surface area contributed by atoms with E-state index in [1.165, 1.54) is 36.3 Å². The number of nitrogens with zero attached hydrogens (tertiary/aromatic N) is 2. The highest BCUT2D eigenvalue weighted by Crippen LogP contribution is 2.32. The minimum absolute atomic E-state index is 0.0232. The van der Waals surface area contributed by atoms with Crippen LogP contribution in [0.15, 0.2) is 77.7 Å². The average Bonchev–Trinajstić information content (AvgIpc) is 2.94. The fourth-order valence-corrected chi connectivity index (χ4v) is 5.66. The lowest BCUT2D eigenvalue weighted by Gasteiger charge is -2.32. The highest BCUT2D eigenvalue weighted by Gasteiger charge is 2.33. The number of anilines is 1. The van der Waals surface area contributed by atoms with Gasteiger partial charge in [-0.15, -0.1) is 0 Å². The normalized spacial score (nSPS) is 12.8. The SMILES string of the molecule is CC[C@H](C)NC(=O)[C@H](C)N(Cc1ccccc1)C(=O)CN(c1ccc(OC)c(Cl)c1)S(=O)(=O)c1ccc(C)cc1. The monoisotopic (exact) mass is 585 g/mol. The third-order valence-corrected chi connectivity index (χ3v) is 8.76. The molecule has 0 aliphatic carbocycles. The van der Waals surface area contributed by atoms with E-state index in [1.54, 1.807) is 25.1 Å². The summed E-state index contributed by atoms with van der Waals surface area (Å²) >= 11 is 6.36. The van der Waals surface area contributed by atoms with Crippen molar-refractivity contribution in [1.82, 2.24) is 10.2 Å². The first-order chi connectivity index (χ1) is 19.0. The number of sulfonamides is 1. The van der Waals surface area contributed by atoms with Crippen LogP contribution in [-0.2, 0) is 26.2 Å². The maximum atomic E-state index is 14.0. The lowest BCUT2D eigenvalue weighted by molar-refractivity contribution is -0.139. The van der Waals surface area contributed by atoms with Gasteiger partial charge in [0.2, 0.25) is 11.8 Å². The number of halogens is 1. The predicted octanol–water partition coefficient (Wildman–Crippen LogP) is 5.18. The molecule has 0 radical (unpaired) electrons. The minimum Gasteiger partial charge on any atom is -0.495 e. The van der Waals surface area contributed by atoms with Crippen molar-refractivity contribution >= 4 is 39.1 Å². The zero-order valence-corrected chi connectivity index (χ0v) is 25.0. The third-order valence-electron chi connectivity index (χ3n) is 6.68. The number of hydrogen-bond donors (Lipinski definition) is 1. The molecule has 0 bridgehead atoms. The van der Waals surface area contributed by atoms with E-state index in [0.29, 0.717) is 5.75 Å². The number of hydrogen-bond acceptors (Lipinski definition) is 5. The molecule has 3 aromatic rings. The number of carbonyl (C=O) groups is 2. The quantitative estimate of drug-likeness (QED) is 0.316. The molecule has 2 amide bonds. The van der Waals surface area contributed by atoms with Crippen molar-refractivity contribution in [3.8, 4) is 5.75 Å². The number of amides is 2. The first-order valence-electron chi connectivity index (χ1n) is 13.0. The second kappa shape index (κ2) is 13.7. The van der Waals surface area contributed by atoms with Gasteiger partial charge in [-0.2, -0.15) is 0 Å². The van der Waals surface area contributed by atoms with Crippen LogP contribution in [0, 0.1) is 6.92 Å². The smallest absolute Gasteiger partial charge is 0.264 e. The largest absolute Gasteiger partial charge is 0.495 e. The first kappa shape index (κ1) is 31.0. The van der Waals surface area contributed by atoms with Crippen LogP contribution < -0.4 is 14.4 Å². The maximum absolute atomic E-state index is 14.0. The predicted molar refractivity (Wildman–Crippen MR) is 158 cm³/mol. The molecule has 0 aromatic heterocycles. The van der Waals surface area contributed by atoms with Crippen molar-refractivity contribution in [1.29, 1.82) is 0 Å². The number of aryl methyl sites for hydroxylation is 1. The van der Waals surface area contributed by atoms with Crippen molar-refractivity contribution < 1.29 is 22.7 Å². The molecule has 214 valence electrons. The van der Waals surface area contributed by atoms with Gasteiger partial charge >= 0.3 is 0 Å². The van der Waals surface area contributed by atoms with Gasteiger partial charge in [0.05, 0.1) is 22.7 Å². The van der Waals surface area contributed by atoms with Gasteiger partial charge in [-0.3, -0.25) is 13.9 Å². The van der Waals surface area contributed by atoms with Gasteiger partial charge in [0.15, 0.2) is 0 Å². The van der Waals surface area contributed by atoms with E-state index in [4.69, 9.17) is 16.3 Å². The highest BCUT2D eigenvalue weighted by molar-refractivity contribution is 7.92. The van der Waals surface area contributed by atoms with Crippen molar-refractivity contribution in [2.45, 2.75) is 57.6 Å². The van der Waals surface area contributed by atoms with Gasteiger partial charge in [-0.05, 0) is 63.1 Å².